The van der Waals surface area contributed by atoms with Crippen molar-refractivity contribution in [1.82, 2.24) is 29.7 Å². The van der Waals surface area contributed by atoms with Crippen LogP contribution in [-0.4, -0.2) is 80.4 Å². The number of para-hydroxylation sites is 1. The van der Waals surface area contributed by atoms with Crippen molar-refractivity contribution >= 4 is 34.5 Å². The molecule has 2 saturated heterocycles. The lowest BCUT2D eigenvalue weighted by molar-refractivity contribution is -0.180. The lowest BCUT2D eigenvalue weighted by Gasteiger charge is -2.52. The highest BCUT2D eigenvalue weighted by atomic mass is 16.2. The van der Waals surface area contributed by atoms with E-state index >= 15 is 0 Å². The number of nitrogens with zero attached hydrogens (tertiary/aromatic N) is 5. The van der Waals surface area contributed by atoms with Crippen molar-refractivity contribution in [1.29, 1.82) is 0 Å². The van der Waals surface area contributed by atoms with Crippen molar-refractivity contribution in [3.63, 3.8) is 0 Å². The Bertz CT molecular complexity index is 1510. The maximum Gasteiger partial charge on any atom is 0.334 e. The zero-order valence-corrected chi connectivity index (χ0v) is 24.5. The number of hydrogen-bond donors (Lipinski definition) is 1. The fourth-order valence-corrected chi connectivity index (χ4v) is 5.89. The van der Waals surface area contributed by atoms with Gasteiger partial charge in [0.2, 0.25) is 11.8 Å². The Morgan fingerprint density at radius 2 is 1.81 bits per heavy atom. The molecule has 1 N–H and O–H groups in total. The van der Waals surface area contributed by atoms with Gasteiger partial charge in [-0.15, -0.1) is 6.58 Å². The number of Topliss-reactive ketones (excluding diaryl/α,β-unsaturated/α-hetero) is 1. The zero-order valence-electron chi connectivity index (χ0n) is 24.5. The lowest BCUT2D eigenvalue weighted by Crippen LogP contribution is -2.73. The first-order valence-corrected chi connectivity index (χ1v) is 14.3. The molecule has 2 aliphatic heterocycles. The highest BCUT2D eigenvalue weighted by Crippen LogP contribution is 2.29. The molecule has 2 aliphatic rings. The minimum atomic E-state index is -0.671. The summed E-state index contributed by atoms with van der Waals surface area (Å²) in [5.41, 5.74) is 3.42. The molecule has 2 fully saturated rings. The van der Waals surface area contributed by atoms with Crippen LogP contribution in [0.25, 0.3) is 10.9 Å². The first-order chi connectivity index (χ1) is 20.2. The summed E-state index contributed by atoms with van der Waals surface area (Å²) in [5.74, 6) is -0.0577. The quantitative estimate of drug-likeness (QED) is 0.314. The molecule has 10 nitrogen and oxygen atoms in total. The predicted molar refractivity (Wildman–Crippen MR) is 160 cm³/mol. The molecule has 5 rings (SSSR count). The number of fused-ring (bicyclic) bond motifs is 2. The Kier molecular flexibility index (Phi) is 8.44. The molecule has 3 heterocycles. The van der Waals surface area contributed by atoms with Gasteiger partial charge in [-0.25, -0.2) is 14.8 Å². The molecule has 220 valence electrons. The number of rotatable bonds is 9. The van der Waals surface area contributed by atoms with Crippen molar-refractivity contribution in [2.45, 2.75) is 39.5 Å². The maximum absolute atomic E-state index is 13.6. The summed E-state index contributed by atoms with van der Waals surface area (Å²) in [4.78, 5) is 56.2. The normalized spacial score (nSPS) is 17.6. The summed E-state index contributed by atoms with van der Waals surface area (Å²) in [6, 6.07) is 15.1. The number of carbonyl (C=O) groups is 4. The van der Waals surface area contributed by atoms with E-state index < -0.39 is 6.17 Å². The molecule has 0 aliphatic carbocycles. The molecule has 42 heavy (non-hydrogen) atoms. The van der Waals surface area contributed by atoms with Crippen molar-refractivity contribution in [2.24, 2.45) is 13.0 Å². The van der Waals surface area contributed by atoms with Crippen LogP contribution in [0.2, 0.25) is 0 Å². The van der Waals surface area contributed by atoms with Crippen LogP contribution in [-0.2, 0) is 29.7 Å². The Labute approximate surface area is 246 Å². The third-order valence-electron chi connectivity index (χ3n) is 7.80. The summed E-state index contributed by atoms with van der Waals surface area (Å²) in [6.45, 7) is 8.78. The number of benzene rings is 2. The Morgan fingerprint density at radius 3 is 2.52 bits per heavy atom. The molecule has 1 unspecified atom stereocenters. The summed E-state index contributed by atoms with van der Waals surface area (Å²) in [7, 11) is 1.91. The standard InChI is InChI=1S/C32H38N6O4/c1-5-14-36-20-30(41)37-21-29(40)35(19-28(37)38(36)32(42)33-16-23-10-7-6-8-11-23)17-24-12-9-13-25-26(18-34(4)31(24)25)27(39)15-22(2)3/h5-13,18,22,28H,1,14-17,19-21H2,2-4H3,(H,33,42). The van der Waals surface area contributed by atoms with Crippen LogP contribution in [0.5, 0.6) is 0 Å². The number of hydrazine groups is 1. The van der Waals surface area contributed by atoms with E-state index in [1.54, 1.807) is 21.0 Å². The molecule has 4 amide bonds. The van der Waals surface area contributed by atoms with Crippen LogP contribution in [0, 0.1) is 5.92 Å². The second kappa shape index (κ2) is 12.2. The van der Waals surface area contributed by atoms with E-state index in [-0.39, 0.29) is 55.7 Å². The van der Waals surface area contributed by atoms with Gasteiger partial charge in [0.25, 0.3) is 0 Å². The summed E-state index contributed by atoms with van der Waals surface area (Å²) in [6.07, 6.45) is 3.31. The molecular weight excluding hydrogens is 532 g/mol. The van der Waals surface area contributed by atoms with Gasteiger partial charge in [-0.2, -0.15) is 0 Å². The van der Waals surface area contributed by atoms with Crippen molar-refractivity contribution in [2.75, 3.05) is 26.2 Å². The number of urea groups is 1. The number of aryl methyl sites for hydroxylation is 1. The average molecular weight is 571 g/mol. The Balaban J connectivity index is 1.42. The van der Waals surface area contributed by atoms with Crippen LogP contribution in [0.3, 0.4) is 0 Å². The van der Waals surface area contributed by atoms with Gasteiger partial charge in [0.1, 0.15) is 12.7 Å². The van der Waals surface area contributed by atoms with Crippen LogP contribution in [0.4, 0.5) is 4.79 Å². The number of carbonyl (C=O) groups excluding carboxylic acids is 4. The lowest BCUT2D eigenvalue weighted by atomic mass is 9.99. The summed E-state index contributed by atoms with van der Waals surface area (Å²) < 4.78 is 1.94. The Hall–Kier alpha value is -4.44. The van der Waals surface area contributed by atoms with Gasteiger partial charge in [-0.05, 0) is 17.0 Å². The molecule has 0 radical (unpaired) electrons. The van der Waals surface area contributed by atoms with Gasteiger partial charge in [0.15, 0.2) is 5.78 Å². The van der Waals surface area contributed by atoms with Crippen LogP contribution < -0.4 is 5.32 Å². The molecule has 3 aromatic rings. The molecule has 0 saturated carbocycles. The van der Waals surface area contributed by atoms with E-state index in [9.17, 15) is 19.2 Å². The van der Waals surface area contributed by atoms with Gasteiger partial charge in [0.05, 0.1) is 18.6 Å². The van der Waals surface area contributed by atoms with Gasteiger partial charge in [0, 0.05) is 50.2 Å². The van der Waals surface area contributed by atoms with Gasteiger partial charge >= 0.3 is 6.03 Å². The van der Waals surface area contributed by atoms with Crippen LogP contribution in [0.1, 0.15) is 41.8 Å². The van der Waals surface area contributed by atoms with Gasteiger partial charge in [-0.3, -0.25) is 14.4 Å². The molecule has 0 bridgehead atoms. The minimum absolute atomic E-state index is 0.0234. The molecule has 10 heteroatoms. The first kappa shape index (κ1) is 29.1. The summed E-state index contributed by atoms with van der Waals surface area (Å²) in [5, 5.41) is 7.06. The van der Waals surface area contributed by atoms with Gasteiger partial charge in [-0.1, -0.05) is 68.5 Å². The first-order valence-electron chi connectivity index (χ1n) is 14.3. The average Bonchev–Trinajstić information content (AvgIpc) is 3.30. The highest BCUT2D eigenvalue weighted by Gasteiger charge is 2.46. The molecule has 2 aromatic carbocycles. The number of ketones is 1. The van der Waals surface area contributed by atoms with E-state index in [2.05, 4.69) is 11.9 Å². The van der Waals surface area contributed by atoms with E-state index in [1.807, 2.05) is 80.2 Å². The third-order valence-corrected chi connectivity index (χ3v) is 7.80. The number of amides is 4. The fraction of sp³-hybridized carbons (Fsp3) is 0.375. The molecule has 1 atom stereocenters. The minimum Gasteiger partial charge on any atom is -0.350 e. The maximum atomic E-state index is 13.6. The SMILES string of the molecule is C=CCN1CC(=O)N2CC(=O)N(Cc3cccc4c(C(=O)CC(C)C)cn(C)c34)CC2N1C(=O)NCc1ccccc1. The topological polar surface area (TPSA) is 98.2 Å². The van der Waals surface area contributed by atoms with E-state index in [4.69, 9.17) is 0 Å². The smallest absolute Gasteiger partial charge is 0.334 e. The molecule has 1 aromatic heterocycles. The zero-order chi connectivity index (χ0) is 30.0. The number of piperazine rings is 1. The van der Waals surface area contributed by atoms with E-state index in [1.165, 1.54) is 4.90 Å². The van der Waals surface area contributed by atoms with E-state index in [0.29, 0.717) is 25.1 Å². The van der Waals surface area contributed by atoms with Crippen molar-refractivity contribution in [3.05, 3.63) is 84.1 Å². The largest absolute Gasteiger partial charge is 0.350 e. The second-order valence-electron chi connectivity index (χ2n) is 11.4. The van der Waals surface area contributed by atoms with E-state index in [0.717, 1.165) is 22.0 Å². The molecular formula is C32H38N6O4. The third kappa shape index (κ3) is 5.80. The van der Waals surface area contributed by atoms with Crippen LogP contribution in [0.15, 0.2) is 67.4 Å². The van der Waals surface area contributed by atoms with Crippen molar-refractivity contribution < 1.29 is 19.2 Å². The predicted octanol–water partition coefficient (Wildman–Crippen LogP) is 3.53. The highest BCUT2D eigenvalue weighted by molar-refractivity contribution is 6.08. The molecule has 0 spiro atoms. The number of nitrogens with one attached hydrogen (secondary N) is 1. The Morgan fingerprint density at radius 1 is 1.05 bits per heavy atom. The number of aromatic nitrogens is 1. The van der Waals surface area contributed by atoms with Crippen LogP contribution >= 0.6 is 0 Å². The second-order valence-corrected chi connectivity index (χ2v) is 11.4. The summed E-state index contributed by atoms with van der Waals surface area (Å²) >= 11 is 0. The van der Waals surface area contributed by atoms with Gasteiger partial charge < -0.3 is 19.7 Å². The monoisotopic (exact) mass is 570 g/mol. The number of hydrogen-bond acceptors (Lipinski definition) is 5. The fourth-order valence-electron chi connectivity index (χ4n) is 5.89. The van der Waals surface area contributed by atoms with Crippen molar-refractivity contribution in [3.8, 4) is 0 Å².